The number of nitrogens with zero attached hydrogens (tertiary/aromatic N) is 1. The number of para-hydroxylation sites is 2. The number of rotatable bonds is 6. The van der Waals surface area contributed by atoms with Gasteiger partial charge in [-0.05, 0) is 48.2 Å². The predicted molar refractivity (Wildman–Crippen MR) is 112 cm³/mol. The van der Waals surface area contributed by atoms with Gasteiger partial charge >= 0.3 is 0 Å². The highest BCUT2D eigenvalue weighted by Gasteiger charge is 2.15. The van der Waals surface area contributed by atoms with Gasteiger partial charge < -0.3 is 10.6 Å². The van der Waals surface area contributed by atoms with Crippen LogP contribution in [0.2, 0.25) is 0 Å². The number of aromatic nitrogens is 1. The zero-order chi connectivity index (χ0) is 19.9. The van der Waals surface area contributed by atoms with Crippen molar-refractivity contribution < 1.29 is 9.59 Å². The third-order valence-corrected chi connectivity index (χ3v) is 4.52. The topological polar surface area (TPSA) is 71.1 Å². The number of aryl methyl sites for hydroxylation is 2. The third-order valence-electron chi connectivity index (χ3n) is 4.52. The molecule has 2 N–H and O–H groups in total. The lowest BCUT2D eigenvalue weighted by molar-refractivity contribution is 0.102. The SMILES string of the molecule is CCc1cccc(CC)c1NC(=O)c1cc(C(=O)Nc2ccccc2)ccn1. The number of carbonyl (C=O) groups is 2. The fourth-order valence-electron chi connectivity index (χ4n) is 3.00. The Labute approximate surface area is 164 Å². The van der Waals surface area contributed by atoms with Gasteiger partial charge in [0, 0.05) is 23.1 Å². The number of pyridine rings is 1. The van der Waals surface area contributed by atoms with Crippen molar-refractivity contribution in [3.05, 3.63) is 89.2 Å². The monoisotopic (exact) mass is 373 g/mol. The first-order valence-electron chi connectivity index (χ1n) is 9.37. The zero-order valence-corrected chi connectivity index (χ0v) is 16.0. The van der Waals surface area contributed by atoms with Crippen molar-refractivity contribution in [2.24, 2.45) is 0 Å². The summed E-state index contributed by atoms with van der Waals surface area (Å²) < 4.78 is 0. The average molecular weight is 373 g/mol. The minimum absolute atomic E-state index is 0.202. The molecule has 142 valence electrons. The second-order valence-corrected chi connectivity index (χ2v) is 6.36. The minimum Gasteiger partial charge on any atom is -0.322 e. The highest BCUT2D eigenvalue weighted by atomic mass is 16.2. The van der Waals surface area contributed by atoms with Gasteiger partial charge in [0.2, 0.25) is 0 Å². The second-order valence-electron chi connectivity index (χ2n) is 6.36. The second kappa shape index (κ2) is 8.95. The molecule has 5 nitrogen and oxygen atoms in total. The molecular formula is C23H23N3O2. The van der Waals surface area contributed by atoms with E-state index < -0.39 is 0 Å². The Morgan fingerprint density at radius 1 is 0.821 bits per heavy atom. The van der Waals surface area contributed by atoms with Crippen molar-refractivity contribution in [1.82, 2.24) is 4.98 Å². The lowest BCUT2D eigenvalue weighted by atomic mass is 10.0. The summed E-state index contributed by atoms with van der Waals surface area (Å²) in [6.45, 7) is 4.11. The molecule has 0 bridgehead atoms. The molecule has 0 atom stereocenters. The highest BCUT2D eigenvalue weighted by molar-refractivity contribution is 6.08. The first-order chi connectivity index (χ1) is 13.6. The number of amides is 2. The van der Waals surface area contributed by atoms with E-state index in [2.05, 4.69) is 29.5 Å². The molecule has 0 unspecified atom stereocenters. The summed E-state index contributed by atoms with van der Waals surface area (Å²) in [5.41, 5.74) is 4.26. The number of carbonyl (C=O) groups excluding carboxylic acids is 2. The van der Waals surface area contributed by atoms with Gasteiger partial charge in [0.15, 0.2) is 0 Å². The lowest BCUT2D eigenvalue weighted by Crippen LogP contribution is -2.18. The van der Waals surface area contributed by atoms with Crippen LogP contribution in [-0.4, -0.2) is 16.8 Å². The fraction of sp³-hybridized carbons (Fsp3) is 0.174. The zero-order valence-electron chi connectivity index (χ0n) is 16.0. The van der Waals surface area contributed by atoms with E-state index in [1.165, 1.54) is 12.3 Å². The van der Waals surface area contributed by atoms with Gasteiger partial charge in [-0.25, -0.2) is 0 Å². The highest BCUT2D eigenvalue weighted by Crippen LogP contribution is 2.23. The van der Waals surface area contributed by atoms with Gasteiger partial charge in [0.25, 0.3) is 11.8 Å². The minimum atomic E-state index is -0.329. The van der Waals surface area contributed by atoms with Gasteiger partial charge in [0.1, 0.15) is 5.69 Å². The Morgan fingerprint density at radius 3 is 2.14 bits per heavy atom. The molecule has 5 heteroatoms. The molecule has 0 aliphatic carbocycles. The quantitative estimate of drug-likeness (QED) is 0.657. The van der Waals surface area contributed by atoms with Crippen LogP contribution in [0.4, 0.5) is 11.4 Å². The van der Waals surface area contributed by atoms with Crippen LogP contribution in [0.5, 0.6) is 0 Å². The van der Waals surface area contributed by atoms with Gasteiger partial charge in [-0.15, -0.1) is 0 Å². The van der Waals surface area contributed by atoms with Crippen LogP contribution in [0, 0.1) is 0 Å². The molecule has 3 rings (SSSR count). The number of benzene rings is 2. The lowest BCUT2D eigenvalue weighted by Gasteiger charge is -2.14. The number of anilines is 2. The summed E-state index contributed by atoms with van der Waals surface area (Å²) in [6, 6.07) is 18.3. The predicted octanol–water partition coefficient (Wildman–Crippen LogP) is 4.71. The van der Waals surface area contributed by atoms with Crippen molar-refractivity contribution in [2.75, 3.05) is 10.6 Å². The van der Waals surface area contributed by atoms with Crippen LogP contribution >= 0.6 is 0 Å². The molecule has 1 heterocycles. The summed E-state index contributed by atoms with van der Waals surface area (Å²) in [7, 11) is 0. The largest absolute Gasteiger partial charge is 0.322 e. The van der Waals surface area contributed by atoms with Crippen LogP contribution in [0.3, 0.4) is 0 Å². The average Bonchev–Trinajstić information content (AvgIpc) is 2.74. The molecule has 0 spiro atoms. The summed E-state index contributed by atoms with van der Waals surface area (Å²) in [6.07, 6.45) is 3.11. The van der Waals surface area contributed by atoms with E-state index in [0.29, 0.717) is 11.3 Å². The normalized spacial score (nSPS) is 10.4. The first-order valence-corrected chi connectivity index (χ1v) is 9.37. The van der Waals surface area contributed by atoms with Crippen molar-refractivity contribution in [2.45, 2.75) is 26.7 Å². The Morgan fingerprint density at radius 2 is 1.50 bits per heavy atom. The summed E-state index contributed by atoms with van der Waals surface area (Å²) >= 11 is 0. The van der Waals surface area contributed by atoms with Crippen molar-refractivity contribution >= 4 is 23.2 Å². The van der Waals surface area contributed by atoms with Crippen molar-refractivity contribution in [3.63, 3.8) is 0 Å². The van der Waals surface area contributed by atoms with Crippen LogP contribution in [0.25, 0.3) is 0 Å². The smallest absolute Gasteiger partial charge is 0.274 e. The van der Waals surface area contributed by atoms with Gasteiger partial charge in [0.05, 0.1) is 0 Å². The molecule has 0 saturated heterocycles. The summed E-state index contributed by atoms with van der Waals surface area (Å²) in [5, 5.41) is 5.79. The summed E-state index contributed by atoms with van der Waals surface area (Å²) in [4.78, 5) is 29.4. The molecule has 0 aliphatic rings. The molecule has 0 aliphatic heterocycles. The Bertz CT molecular complexity index is 962. The Hall–Kier alpha value is -3.47. The van der Waals surface area contributed by atoms with Crippen molar-refractivity contribution in [3.8, 4) is 0 Å². The molecular weight excluding hydrogens is 350 g/mol. The molecule has 0 radical (unpaired) electrons. The summed E-state index contributed by atoms with van der Waals surface area (Å²) in [5.74, 6) is -0.615. The molecule has 2 amide bonds. The Kier molecular flexibility index (Phi) is 6.17. The number of hydrogen-bond acceptors (Lipinski definition) is 3. The van der Waals surface area contributed by atoms with Crippen molar-refractivity contribution in [1.29, 1.82) is 0 Å². The van der Waals surface area contributed by atoms with E-state index in [9.17, 15) is 9.59 Å². The molecule has 3 aromatic rings. The van der Waals surface area contributed by atoms with E-state index >= 15 is 0 Å². The Balaban J connectivity index is 1.81. The number of nitrogens with one attached hydrogen (secondary N) is 2. The molecule has 1 aromatic heterocycles. The van der Waals surface area contributed by atoms with E-state index in [1.807, 2.05) is 36.4 Å². The maximum absolute atomic E-state index is 12.8. The van der Waals surface area contributed by atoms with Crippen LogP contribution in [0.1, 0.15) is 45.8 Å². The van der Waals surface area contributed by atoms with E-state index in [0.717, 1.165) is 29.7 Å². The van der Waals surface area contributed by atoms with Gasteiger partial charge in [-0.3, -0.25) is 14.6 Å². The van der Waals surface area contributed by atoms with Gasteiger partial charge in [-0.2, -0.15) is 0 Å². The van der Waals surface area contributed by atoms with E-state index in [-0.39, 0.29) is 17.5 Å². The van der Waals surface area contributed by atoms with Crippen LogP contribution in [-0.2, 0) is 12.8 Å². The molecule has 2 aromatic carbocycles. The van der Waals surface area contributed by atoms with Gasteiger partial charge in [-0.1, -0.05) is 50.2 Å². The third kappa shape index (κ3) is 4.43. The fourth-order valence-corrected chi connectivity index (χ4v) is 3.00. The number of hydrogen-bond donors (Lipinski definition) is 2. The molecule has 0 fully saturated rings. The maximum atomic E-state index is 12.8. The maximum Gasteiger partial charge on any atom is 0.274 e. The molecule has 0 saturated carbocycles. The first kappa shape index (κ1) is 19.3. The van der Waals surface area contributed by atoms with E-state index in [4.69, 9.17) is 0 Å². The van der Waals surface area contributed by atoms with Crippen LogP contribution < -0.4 is 10.6 Å². The molecule has 28 heavy (non-hydrogen) atoms. The standard InChI is InChI=1S/C23H23N3O2/c1-3-16-9-8-10-17(4-2)21(16)26-23(28)20-15-18(13-14-24-20)22(27)25-19-11-6-5-7-12-19/h5-15H,3-4H2,1-2H3,(H,25,27)(H,26,28). The van der Waals surface area contributed by atoms with Crippen LogP contribution in [0.15, 0.2) is 66.9 Å². The van der Waals surface area contributed by atoms with E-state index in [1.54, 1.807) is 18.2 Å².